The van der Waals surface area contributed by atoms with Gasteiger partial charge < -0.3 is 10.2 Å². The maximum absolute atomic E-state index is 10.1. The first-order valence-corrected chi connectivity index (χ1v) is 5.94. The molecule has 0 aliphatic heterocycles. The van der Waals surface area contributed by atoms with Crippen molar-refractivity contribution < 1.29 is 10.2 Å². The van der Waals surface area contributed by atoms with E-state index in [1.807, 2.05) is 19.9 Å². The Hall–Kier alpha value is -0.860. The average molecular weight is 220 g/mol. The number of aliphatic hydroxyl groups is 2. The predicted molar refractivity (Wildman–Crippen MR) is 64.3 cm³/mol. The molecule has 0 amide bonds. The summed E-state index contributed by atoms with van der Waals surface area (Å²) in [6, 6.07) is 4.08. The summed E-state index contributed by atoms with van der Waals surface area (Å²) in [4.78, 5) is 0. The third-order valence-electron chi connectivity index (χ3n) is 3.63. The normalized spacial score (nSPS) is 19.6. The Labute approximate surface area is 96.9 Å². The van der Waals surface area contributed by atoms with Crippen LogP contribution in [0.15, 0.2) is 12.1 Å². The summed E-state index contributed by atoms with van der Waals surface area (Å²) in [5.41, 5.74) is 4.34. The van der Waals surface area contributed by atoms with Crippen LogP contribution in [-0.4, -0.2) is 16.3 Å². The van der Waals surface area contributed by atoms with Crippen molar-refractivity contribution >= 4 is 0 Å². The highest BCUT2D eigenvalue weighted by Gasteiger charge is 2.35. The fraction of sp³-hybridized carbons (Fsp3) is 0.571. The molecule has 2 heteroatoms. The number of aryl methyl sites for hydroxylation is 3. The van der Waals surface area contributed by atoms with Crippen LogP contribution in [0.4, 0.5) is 0 Å². The highest BCUT2D eigenvalue weighted by Crippen LogP contribution is 2.38. The van der Waals surface area contributed by atoms with E-state index in [1.54, 1.807) is 0 Å². The fourth-order valence-corrected chi connectivity index (χ4v) is 2.18. The molecule has 1 fully saturated rings. The van der Waals surface area contributed by atoms with Crippen LogP contribution >= 0.6 is 0 Å². The standard InChI is InChI=1S/C14H20O2/c1-8-6-10(3)12(7-9(8)2)14(16)13(15)11-4-5-11/h6-7,11,13-16H,4-5H2,1-3H3. The van der Waals surface area contributed by atoms with Gasteiger partial charge in [0.2, 0.25) is 0 Å². The Morgan fingerprint density at radius 3 is 2.12 bits per heavy atom. The first-order chi connectivity index (χ1) is 7.50. The second-order valence-electron chi connectivity index (χ2n) is 5.07. The molecule has 1 aliphatic rings. The van der Waals surface area contributed by atoms with Gasteiger partial charge in [-0.3, -0.25) is 0 Å². The van der Waals surface area contributed by atoms with Crippen LogP contribution in [0.3, 0.4) is 0 Å². The molecule has 1 aromatic carbocycles. The lowest BCUT2D eigenvalue weighted by Crippen LogP contribution is -2.21. The summed E-state index contributed by atoms with van der Waals surface area (Å²) in [5.74, 6) is 0.302. The van der Waals surface area contributed by atoms with Gasteiger partial charge in [0.1, 0.15) is 6.10 Å². The van der Waals surface area contributed by atoms with Crippen LogP contribution in [0.2, 0.25) is 0 Å². The quantitative estimate of drug-likeness (QED) is 0.821. The van der Waals surface area contributed by atoms with E-state index in [4.69, 9.17) is 0 Å². The molecule has 0 radical (unpaired) electrons. The first-order valence-electron chi connectivity index (χ1n) is 5.94. The molecule has 0 heterocycles. The van der Waals surface area contributed by atoms with E-state index in [2.05, 4.69) is 13.0 Å². The maximum atomic E-state index is 10.1. The molecule has 2 atom stereocenters. The number of aliphatic hydroxyl groups excluding tert-OH is 2. The van der Waals surface area contributed by atoms with E-state index < -0.39 is 12.2 Å². The van der Waals surface area contributed by atoms with E-state index in [9.17, 15) is 10.2 Å². The highest BCUT2D eigenvalue weighted by molar-refractivity contribution is 5.38. The van der Waals surface area contributed by atoms with E-state index in [1.165, 1.54) is 11.1 Å². The van der Waals surface area contributed by atoms with Crippen LogP contribution in [0.1, 0.15) is 41.2 Å². The van der Waals surface area contributed by atoms with Crippen molar-refractivity contribution in [2.75, 3.05) is 0 Å². The minimum Gasteiger partial charge on any atom is -0.390 e. The molecular weight excluding hydrogens is 200 g/mol. The molecule has 0 bridgehead atoms. The molecule has 16 heavy (non-hydrogen) atoms. The zero-order valence-corrected chi connectivity index (χ0v) is 10.2. The molecule has 0 saturated heterocycles. The highest BCUT2D eigenvalue weighted by atomic mass is 16.3. The van der Waals surface area contributed by atoms with Gasteiger partial charge in [-0.2, -0.15) is 0 Å². The molecule has 1 aromatic rings. The topological polar surface area (TPSA) is 40.5 Å². The predicted octanol–water partition coefficient (Wildman–Crippen LogP) is 2.42. The third kappa shape index (κ3) is 2.13. The number of hydrogen-bond acceptors (Lipinski definition) is 2. The van der Waals surface area contributed by atoms with Crippen LogP contribution in [0.25, 0.3) is 0 Å². The molecule has 2 unspecified atom stereocenters. The van der Waals surface area contributed by atoms with Crippen molar-refractivity contribution in [2.45, 2.75) is 45.8 Å². The van der Waals surface area contributed by atoms with Gasteiger partial charge in [-0.1, -0.05) is 12.1 Å². The van der Waals surface area contributed by atoms with Gasteiger partial charge in [-0.15, -0.1) is 0 Å². The molecule has 2 rings (SSSR count). The number of rotatable bonds is 3. The van der Waals surface area contributed by atoms with Gasteiger partial charge in [-0.25, -0.2) is 0 Å². The van der Waals surface area contributed by atoms with Gasteiger partial charge in [-0.05, 0) is 61.8 Å². The van der Waals surface area contributed by atoms with Crippen molar-refractivity contribution in [3.63, 3.8) is 0 Å². The molecule has 0 spiro atoms. The van der Waals surface area contributed by atoms with Gasteiger partial charge >= 0.3 is 0 Å². The van der Waals surface area contributed by atoms with Crippen LogP contribution < -0.4 is 0 Å². The Morgan fingerprint density at radius 1 is 1.00 bits per heavy atom. The van der Waals surface area contributed by atoms with Crippen molar-refractivity contribution in [1.82, 2.24) is 0 Å². The molecule has 1 aliphatic carbocycles. The monoisotopic (exact) mass is 220 g/mol. The fourth-order valence-electron chi connectivity index (χ4n) is 2.18. The Morgan fingerprint density at radius 2 is 1.56 bits per heavy atom. The largest absolute Gasteiger partial charge is 0.390 e. The lowest BCUT2D eigenvalue weighted by atomic mass is 9.93. The summed E-state index contributed by atoms with van der Waals surface area (Å²) >= 11 is 0. The van der Waals surface area contributed by atoms with Crippen LogP contribution in [0.5, 0.6) is 0 Å². The first kappa shape index (κ1) is 11.6. The molecule has 2 nitrogen and oxygen atoms in total. The second-order valence-corrected chi connectivity index (χ2v) is 5.07. The summed E-state index contributed by atoms with van der Waals surface area (Å²) < 4.78 is 0. The van der Waals surface area contributed by atoms with Gasteiger partial charge in [0.05, 0.1) is 6.10 Å². The van der Waals surface area contributed by atoms with Crippen LogP contribution in [-0.2, 0) is 0 Å². The number of hydrogen-bond donors (Lipinski definition) is 2. The van der Waals surface area contributed by atoms with Crippen molar-refractivity contribution in [2.24, 2.45) is 5.92 Å². The van der Waals surface area contributed by atoms with E-state index >= 15 is 0 Å². The summed E-state index contributed by atoms with van der Waals surface area (Å²) in [6.07, 6.45) is 0.761. The smallest absolute Gasteiger partial charge is 0.105 e. The van der Waals surface area contributed by atoms with E-state index in [-0.39, 0.29) is 0 Å². The minimum atomic E-state index is -0.730. The molecule has 88 valence electrons. The summed E-state index contributed by atoms with van der Waals surface area (Å²) in [5, 5.41) is 20.1. The zero-order chi connectivity index (χ0) is 11.9. The van der Waals surface area contributed by atoms with Gasteiger partial charge in [0.15, 0.2) is 0 Å². The summed E-state index contributed by atoms with van der Waals surface area (Å²) in [7, 11) is 0. The minimum absolute atomic E-state index is 0.302. The number of benzene rings is 1. The molecular formula is C14H20O2. The van der Waals surface area contributed by atoms with Crippen molar-refractivity contribution in [3.8, 4) is 0 Å². The average Bonchev–Trinajstić information content (AvgIpc) is 3.05. The van der Waals surface area contributed by atoms with Crippen molar-refractivity contribution in [3.05, 3.63) is 34.4 Å². The Balaban J connectivity index is 2.28. The lowest BCUT2D eigenvalue weighted by Gasteiger charge is -2.20. The molecule has 1 saturated carbocycles. The van der Waals surface area contributed by atoms with Gasteiger partial charge in [0, 0.05) is 0 Å². The SMILES string of the molecule is Cc1cc(C)c(C(O)C(O)C2CC2)cc1C. The Bertz CT molecular complexity index is 394. The van der Waals surface area contributed by atoms with E-state index in [0.717, 1.165) is 24.0 Å². The summed E-state index contributed by atoms with van der Waals surface area (Å²) in [6.45, 7) is 6.09. The molecule has 2 N–H and O–H groups in total. The third-order valence-corrected chi connectivity index (χ3v) is 3.63. The molecule has 0 aromatic heterocycles. The van der Waals surface area contributed by atoms with Gasteiger partial charge in [0.25, 0.3) is 0 Å². The van der Waals surface area contributed by atoms with E-state index in [0.29, 0.717) is 5.92 Å². The van der Waals surface area contributed by atoms with Crippen molar-refractivity contribution in [1.29, 1.82) is 0 Å². The second kappa shape index (κ2) is 4.19. The van der Waals surface area contributed by atoms with Crippen LogP contribution in [0, 0.1) is 26.7 Å². The Kier molecular flexibility index (Phi) is 3.04. The lowest BCUT2D eigenvalue weighted by molar-refractivity contribution is 0.00447. The zero-order valence-electron chi connectivity index (χ0n) is 10.2. The maximum Gasteiger partial charge on any atom is 0.105 e.